The molecule has 1 rings (SSSR count). The Hall–Kier alpha value is -1.91. The number of nitrogens with zero attached hydrogens (tertiary/aromatic N) is 1. The molecule has 92 valence electrons. The fourth-order valence-electron chi connectivity index (χ4n) is 1.72. The number of aliphatic carboxylic acids is 1. The summed E-state index contributed by atoms with van der Waals surface area (Å²) in [4.78, 5) is 26.1. The van der Waals surface area contributed by atoms with Gasteiger partial charge < -0.3 is 9.84 Å². The quantitative estimate of drug-likeness (QED) is 0.785. The van der Waals surface area contributed by atoms with Crippen molar-refractivity contribution in [3.8, 4) is 0 Å². The van der Waals surface area contributed by atoms with E-state index in [0.717, 1.165) is 11.3 Å². The lowest BCUT2D eigenvalue weighted by molar-refractivity contribution is -0.141. The number of pyridine rings is 1. The molecule has 0 saturated carbocycles. The number of hydrogen-bond donors (Lipinski definition) is 1. The number of methoxy groups -OCH3 is 1. The SMILES string of the molecule is COC(=O)CC(CC(=O)O)c1cccnc1C. The molecule has 0 aliphatic rings. The molecule has 1 aromatic rings. The highest BCUT2D eigenvalue weighted by molar-refractivity contribution is 5.73. The van der Waals surface area contributed by atoms with Crippen molar-refractivity contribution in [1.29, 1.82) is 0 Å². The van der Waals surface area contributed by atoms with Crippen LogP contribution in [0, 0.1) is 6.92 Å². The first kappa shape index (κ1) is 13.2. The molecule has 0 radical (unpaired) electrons. The van der Waals surface area contributed by atoms with E-state index in [1.807, 2.05) is 0 Å². The van der Waals surface area contributed by atoms with Crippen LogP contribution in [0.3, 0.4) is 0 Å². The van der Waals surface area contributed by atoms with Crippen LogP contribution in [0.4, 0.5) is 0 Å². The van der Waals surface area contributed by atoms with Crippen LogP contribution in [0.15, 0.2) is 18.3 Å². The average molecular weight is 237 g/mol. The molecule has 0 aliphatic heterocycles. The Morgan fingerprint density at radius 2 is 2.18 bits per heavy atom. The van der Waals surface area contributed by atoms with Crippen molar-refractivity contribution in [3.63, 3.8) is 0 Å². The third kappa shape index (κ3) is 3.86. The van der Waals surface area contributed by atoms with Gasteiger partial charge in [0.05, 0.1) is 20.0 Å². The number of carboxylic acid groups (broad SMARTS) is 1. The van der Waals surface area contributed by atoms with Crippen molar-refractivity contribution in [2.75, 3.05) is 7.11 Å². The normalized spacial score (nSPS) is 11.9. The second-order valence-corrected chi connectivity index (χ2v) is 3.75. The number of carboxylic acids is 1. The largest absolute Gasteiger partial charge is 0.481 e. The first-order valence-electron chi connectivity index (χ1n) is 5.24. The number of aromatic nitrogens is 1. The van der Waals surface area contributed by atoms with E-state index in [0.29, 0.717) is 0 Å². The summed E-state index contributed by atoms with van der Waals surface area (Å²) in [7, 11) is 1.29. The highest BCUT2D eigenvalue weighted by atomic mass is 16.5. The van der Waals surface area contributed by atoms with Gasteiger partial charge in [-0.25, -0.2) is 0 Å². The van der Waals surface area contributed by atoms with Crippen molar-refractivity contribution in [1.82, 2.24) is 4.98 Å². The van der Waals surface area contributed by atoms with Gasteiger partial charge in [-0.2, -0.15) is 0 Å². The number of carbonyl (C=O) groups excluding carboxylic acids is 1. The summed E-state index contributed by atoms with van der Waals surface area (Å²) in [6.07, 6.45) is 1.58. The highest BCUT2D eigenvalue weighted by Crippen LogP contribution is 2.25. The van der Waals surface area contributed by atoms with E-state index in [4.69, 9.17) is 5.11 Å². The van der Waals surface area contributed by atoms with Gasteiger partial charge in [-0.1, -0.05) is 6.07 Å². The number of aryl methyl sites for hydroxylation is 1. The summed E-state index contributed by atoms with van der Waals surface area (Å²) in [5.41, 5.74) is 1.52. The van der Waals surface area contributed by atoms with Crippen molar-refractivity contribution in [2.45, 2.75) is 25.7 Å². The van der Waals surface area contributed by atoms with Gasteiger partial charge in [0.1, 0.15) is 0 Å². The van der Waals surface area contributed by atoms with E-state index < -0.39 is 17.9 Å². The summed E-state index contributed by atoms with van der Waals surface area (Å²) in [6.45, 7) is 1.79. The molecule has 5 nitrogen and oxygen atoms in total. The molecule has 1 unspecified atom stereocenters. The van der Waals surface area contributed by atoms with Gasteiger partial charge in [-0.05, 0) is 18.6 Å². The predicted octanol–water partition coefficient (Wildman–Crippen LogP) is 1.51. The third-order valence-corrected chi connectivity index (χ3v) is 2.55. The Labute approximate surface area is 99.4 Å². The molecule has 0 amide bonds. The van der Waals surface area contributed by atoms with Crippen LogP contribution in [0.1, 0.15) is 30.0 Å². The third-order valence-electron chi connectivity index (χ3n) is 2.55. The second-order valence-electron chi connectivity index (χ2n) is 3.75. The molecular weight excluding hydrogens is 222 g/mol. The van der Waals surface area contributed by atoms with Gasteiger partial charge in [-0.15, -0.1) is 0 Å². The summed E-state index contributed by atoms with van der Waals surface area (Å²) in [6, 6.07) is 3.52. The zero-order valence-electron chi connectivity index (χ0n) is 9.84. The highest BCUT2D eigenvalue weighted by Gasteiger charge is 2.21. The molecule has 17 heavy (non-hydrogen) atoms. The molecule has 0 aliphatic carbocycles. The van der Waals surface area contributed by atoms with Crippen LogP contribution >= 0.6 is 0 Å². The Kier molecular flexibility index (Phi) is 4.63. The Bertz CT molecular complexity index is 417. The topological polar surface area (TPSA) is 76.5 Å². The van der Waals surface area contributed by atoms with E-state index in [-0.39, 0.29) is 12.8 Å². The molecule has 0 bridgehead atoms. The zero-order chi connectivity index (χ0) is 12.8. The lowest BCUT2D eigenvalue weighted by Gasteiger charge is -2.15. The lowest BCUT2D eigenvalue weighted by Crippen LogP contribution is -2.14. The molecule has 1 heterocycles. The maximum Gasteiger partial charge on any atom is 0.306 e. The number of hydrogen-bond acceptors (Lipinski definition) is 4. The molecule has 5 heteroatoms. The van der Waals surface area contributed by atoms with Gasteiger partial charge in [0.15, 0.2) is 0 Å². The van der Waals surface area contributed by atoms with E-state index in [1.165, 1.54) is 7.11 Å². The van der Waals surface area contributed by atoms with Crippen molar-refractivity contribution in [3.05, 3.63) is 29.6 Å². The van der Waals surface area contributed by atoms with E-state index in [2.05, 4.69) is 9.72 Å². The second kappa shape index (κ2) is 5.98. The van der Waals surface area contributed by atoms with Gasteiger partial charge >= 0.3 is 11.9 Å². The average Bonchev–Trinajstić information content (AvgIpc) is 2.28. The molecule has 0 aromatic carbocycles. The van der Waals surface area contributed by atoms with Gasteiger partial charge in [-0.3, -0.25) is 14.6 Å². The molecule has 0 fully saturated rings. The van der Waals surface area contributed by atoms with Gasteiger partial charge in [0.2, 0.25) is 0 Å². The Morgan fingerprint density at radius 1 is 1.47 bits per heavy atom. The summed E-state index contributed by atoms with van der Waals surface area (Å²) < 4.78 is 4.57. The molecule has 0 saturated heterocycles. The number of esters is 1. The lowest BCUT2D eigenvalue weighted by atomic mass is 9.91. The molecule has 0 spiro atoms. The maximum atomic E-state index is 11.3. The van der Waals surface area contributed by atoms with E-state index in [9.17, 15) is 9.59 Å². The number of ether oxygens (including phenoxy) is 1. The minimum atomic E-state index is -0.942. The van der Waals surface area contributed by atoms with Crippen LogP contribution in [0.25, 0.3) is 0 Å². The maximum absolute atomic E-state index is 11.3. The number of carbonyl (C=O) groups is 2. The summed E-state index contributed by atoms with van der Waals surface area (Å²) >= 11 is 0. The Morgan fingerprint density at radius 3 is 2.71 bits per heavy atom. The summed E-state index contributed by atoms with van der Waals surface area (Å²) in [5.74, 6) is -1.75. The van der Waals surface area contributed by atoms with Crippen molar-refractivity contribution >= 4 is 11.9 Å². The van der Waals surface area contributed by atoms with E-state index >= 15 is 0 Å². The number of rotatable bonds is 5. The molecular formula is C12H15NO4. The first-order valence-corrected chi connectivity index (χ1v) is 5.24. The van der Waals surface area contributed by atoms with Gasteiger partial charge in [0.25, 0.3) is 0 Å². The van der Waals surface area contributed by atoms with Crippen LogP contribution in [-0.4, -0.2) is 29.1 Å². The zero-order valence-corrected chi connectivity index (χ0v) is 9.84. The fraction of sp³-hybridized carbons (Fsp3) is 0.417. The molecule has 1 N–H and O–H groups in total. The van der Waals surface area contributed by atoms with E-state index in [1.54, 1.807) is 25.3 Å². The molecule has 1 aromatic heterocycles. The summed E-state index contributed by atoms with van der Waals surface area (Å²) in [5, 5.41) is 8.85. The van der Waals surface area contributed by atoms with Crippen LogP contribution in [-0.2, 0) is 14.3 Å². The van der Waals surface area contributed by atoms with Crippen molar-refractivity contribution in [2.24, 2.45) is 0 Å². The van der Waals surface area contributed by atoms with Crippen molar-refractivity contribution < 1.29 is 19.4 Å². The van der Waals surface area contributed by atoms with Crippen LogP contribution in [0.2, 0.25) is 0 Å². The molecule has 1 atom stereocenters. The smallest absolute Gasteiger partial charge is 0.306 e. The minimum absolute atomic E-state index is 0.0509. The van der Waals surface area contributed by atoms with Crippen LogP contribution < -0.4 is 0 Å². The fourth-order valence-corrected chi connectivity index (χ4v) is 1.72. The van der Waals surface area contributed by atoms with Gasteiger partial charge in [0, 0.05) is 17.8 Å². The predicted molar refractivity (Wildman–Crippen MR) is 60.6 cm³/mol. The van der Waals surface area contributed by atoms with Crippen LogP contribution in [0.5, 0.6) is 0 Å². The minimum Gasteiger partial charge on any atom is -0.481 e. The Balaban J connectivity index is 2.93. The standard InChI is InChI=1S/C12H15NO4/c1-8-10(4-3-5-13-8)9(6-11(14)15)7-12(16)17-2/h3-5,9H,6-7H2,1-2H3,(H,14,15). The first-order chi connectivity index (χ1) is 8.04. The monoisotopic (exact) mass is 237 g/mol.